The Bertz CT molecular complexity index is 370. The average Bonchev–Trinajstić information content (AvgIpc) is 2.36. The average molecular weight is 304 g/mol. The first-order valence-corrected chi connectivity index (χ1v) is 5.75. The van der Waals surface area contributed by atoms with Crippen LogP contribution in [0.25, 0.3) is 0 Å². The molecular weight excluding hydrogens is 284 g/mol. The second-order valence-electron chi connectivity index (χ2n) is 3.49. The van der Waals surface area contributed by atoms with Gasteiger partial charge in [-0.1, -0.05) is 27.0 Å². The molecule has 120 valence electrons. The quantitative estimate of drug-likeness (QED) is 0.427. The highest BCUT2D eigenvalue weighted by atomic mass is 16.4. The molecule has 0 atom stereocenters. The van der Waals surface area contributed by atoms with Crippen molar-refractivity contribution < 1.29 is 39.6 Å². The van der Waals surface area contributed by atoms with Gasteiger partial charge in [-0.2, -0.15) is 0 Å². The summed E-state index contributed by atoms with van der Waals surface area (Å²) in [6.07, 6.45) is 0.241. The minimum atomic E-state index is -1.31. The number of rotatable bonds is 6. The van der Waals surface area contributed by atoms with E-state index in [1.807, 2.05) is 0 Å². The standard InChI is InChI=1S/2C5H8O2.C3H4O4/c2*1-3-4(2)5(6)7;4-2(5)1-3(6)7/h2*2-3H2,1H3,(H,6,7);1H2,(H,4,5)(H,6,7). The lowest BCUT2D eigenvalue weighted by Crippen LogP contribution is -2.03. The van der Waals surface area contributed by atoms with Crippen LogP contribution in [-0.2, 0) is 19.2 Å². The predicted molar refractivity (Wildman–Crippen MR) is 74.0 cm³/mol. The first-order chi connectivity index (χ1) is 9.49. The van der Waals surface area contributed by atoms with E-state index in [0.717, 1.165) is 0 Å². The summed E-state index contributed by atoms with van der Waals surface area (Å²) in [5.41, 5.74) is 0.528. The molecule has 0 aromatic rings. The number of hydrogen-bond acceptors (Lipinski definition) is 4. The molecule has 0 rings (SSSR count). The Morgan fingerprint density at radius 1 is 0.714 bits per heavy atom. The van der Waals surface area contributed by atoms with E-state index in [1.54, 1.807) is 13.8 Å². The molecular formula is C13H20O8. The number of aliphatic carboxylic acids is 4. The Morgan fingerprint density at radius 2 is 0.952 bits per heavy atom. The van der Waals surface area contributed by atoms with Gasteiger partial charge in [0.15, 0.2) is 0 Å². The lowest BCUT2D eigenvalue weighted by atomic mass is 10.2. The zero-order chi connectivity index (χ0) is 17.6. The Hall–Kier alpha value is -2.64. The van der Waals surface area contributed by atoms with Gasteiger partial charge >= 0.3 is 23.9 Å². The van der Waals surface area contributed by atoms with Gasteiger partial charge in [-0.05, 0) is 12.8 Å². The molecule has 8 nitrogen and oxygen atoms in total. The number of hydrogen-bond donors (Lipinski definition) is 4. The van der Waals surface area contributed by atoms with E-state index in [9.17, 15) is 19.2 Å². The highest BCUT2D eigenvalue weighted by Gasteiger charge is 2.01. The Kier molecular flexibility index (Phi) is 15.4. The monoisotopic (exact) mass is 304 g/mol. The van der Waals surface area contributed by atoms with Gasteiger partial charge in [0, 0.05) is 11.1 Å². The summed E-state index contributed by atoms with van der Waals surface area (Å²) >= 11 is 0. The summed E-state index contributed by atoms with van der Waals surface area (Å²) < 4.78 is 0. The molecule has 0 aromatic carbocycles. The lowest BCUT2D eigenvalue weighted by molar-refractivity contribution is -0.147. The molecule has 0 saturated carbocycles. The first kappa shape index (κ1) is 23.5. The van der Waals surface area contributed by atoms with Crippen LogP contribution in [0, 0.1) is 0 Å². The molecule has 0 spiro atoms. The predicted octanol–water partition coefficient (Wildman–Crippen LogP) is 1.62. The molecule has 0 aliphatic carbocycles. The van der Waals surface area contributed by atoms with E-state index in [1.165, 1.54) is 0 Å². The fraction of sp³-hybridized carbons (Fsp3) is 0.385. The van der Waals surface area contributed by atoms with Crippen LogP contribution in [0.4, 0.5) is 0 Å². The van der Waals surface area contributed by atoms with Crippen LogP contribution < -0.4 is 0 Å². The highest BCUT2D eigenvalue weighted by molar-refractivity contribution is 5.88. The molecule has 0 saturated heterocycles. The molecule has 21 heavy (non-hydrogen) atoms. The van der Waals surface area contributed by atoms with Crippen LogP contribution in [0.3, 0.4) is 0 Å². The summed E-state index contributed by atoms with van der Waals surface area (Å²) in [5.74, 6) is -4.43. The summed E-state index contributed by atoms with van der Waals surface area (Å²) in [6, 6.07) is 0. The Labute approximate surface area is 122 Å². The van der Waals surface area contributed by atoms with Crippen LogP contribution in [0.15, 0.2) is 24.3 Å². The maximum absolute atomic E-state index is 9.83. The molecule has 0 aromatic heterocycles. The molecule has 0 amide bonds. The third-order valence-corrected chi connectivity index (χ3v) is 1.76. The van der Waals surface area contributed by atoms with Crippen molar-refractivity contribution in [2.45, 2.75) is 33.1 Å². The molecule has 0 unspecified atom stereocenters. The van der Waals surface area contributed by atoms with Gasteiger partial charge in [0.2, 0.25) is 0 Å². The molecule has 0 aliphatic rings. The van der Waals surface area contributed by atoms with Crippen molar-refractivity contribution in [2.24, 2.45) is 0 Å². The largest absolute Gasteiger partial charge is 0.481 e. The van der Waals surface area contributed by atoms with Gasteiger partial charge in [-0.3, -0.25) is 9.59 Å². The van der Waals surface area contributed by atoms with Gasteiger partial charge in [0.25, 0.3) is 0 Å². The van der Waals surface area contributed by atoms with E-state index in [-0.39, 0.29) is 11.1 Å². The van der Waals surface area contributed by atoms with Crippen molar-refractivity contribution in [1.29, 1.82) is 0 Å². The molecule has 0 aliphatic heterocycles. The zero-order valence-corrected chi connectivity index (χ0v) is 12.0. The lowest BCUT2D eigenvalue weighted by Gasteiger charge is -1.87. The smallest absolute Gasteiger partial charge is 0.330 e. The van der Waals surface area contributed by atoms with E-state index in [4.69, 9.17) is 20.4 Å². The summed E-state index contributed by atoms with van der Waals surface area (Å²) in [7, 11) is 0. The molecule has 0 radical (unpaired) electrons. The van der Waals surface area contributed by atoms with Crippen LogP contribution >= 0.6 is 0 Å². The van der Waals surface area contributed by atoms with E-state index >= 15 is 0 Å². The van der Waals surface area contributed by atoms with Crippen molar-refractivity contribution in [3.8, 4) is 0 Å². The molecule has 0 heterocycles. The maximum atomic E-state index is 9.83. The van der Waals surface area contributed by atoms with Crippen molar-refractivity contribution in [3.05, 3.63) is 24.3 Å². The SMILES string of the molecule is C=C(CC)C(=O)O.C=C(CC)C(=O)O.O=C(O)CC(=O)O. The van der Waals surface area contributed by atoms with E-state index in [2.05, 4.69) is 13.2 Å². The fourth-order valence-electron chi connectivity index (χ4n) is 0.432. The van der Waals surface area contributed by atoms with Gasteiger partial charge < -0.3 is 20.4 Å². The second-order valence-corrected chi connectivity index (χ2v) is 3.49. The minimum absolute atomic E-state index is 0.264. The molecule has 0 bridgehead atoms. The number of carboxylic acids is 4. The topological polar surface area (TPSA) is 149 Å². The third kappa shape index (κ3) is 22.9. The van der Waals surface area contributed by atoms with Crippen molar-refractivity contribution >= 4 is 23.9 Å². The highest BCUT2D eigenvalue weighted by Crippen LogP contribution is 1.93. The third-order valence-electron chi connectivity index (χ3n) is 1.76. The normalized spacial score (nSPS) is 8.10. The summed E-state index contributed by atoms with van der Waals surface area (Å²) in [4.78, 5) is 38.5. The van der Waals surface area contributed by atoms with Crippen LogP contribution in [0.2, 0.25) is 0 Å². The van der Waals surface area contributed by atoms with Gasteiger partial charge in [0.1, 0.15) is 6.42 Å². The van der Waals surface area contributed by atoms with Crippen molar-refractivity contribution in [3.63, 3.8) is 0 Å². The minimum Gasteiger partial charge on any atom is -0.481 e. The summed E-state index contributed by atoms with van der Waals surface area (Å²) in [6.45, 7) is 10.1. The van der Waals surface area contributed by atoms with Gasteiger partial charge in [-0.15, -0.1) is 0 Å². The van der Waals surface area contributed by atoms with E-state index in [0.29, 0.717) is 12.8 Å². The van der Waals surface area contributed by atoms with E-state index < -0.39 is 30.3 Å². The van der Waals surface area contributed by atoms with Gasteiger partial charge in [0.05, 0.1) is 0 Å². The van der Waals surface area contributed by atoms with Gasteiger partial charge in [-0.25, -0.2) is 9.59 Å². The fourth-order valence-corrected chi connectivity index (χ4v) is 0.432. The van der Waals surface area contributed by atoms with Crippen molar-refractivity contribution in [2.75, 3.05) is 0 Å². The zero-order valence-electron chi connectivity index (χ0n) is 12.0. The van der Waals surface area contributed by atoms with Crippen molar-refractivity contribution in [1.82, 2.24) is 0 Å². The number of carbonyl (C=O) groups is 4. The van der Waals surface area contributed by atoms with Crippen LogP contribution in [0.1, 0.15) is 33.1 Å². The maximum Gasteiger partial charge on any atom is 0.330 e. The number of carboxylic acid groups (broad SMARTS) is 4. The Balaban J connectivity index is -0.000000231. The summed E-state index contributed by atoms with van der Waals surface area (Å²) in [5, 5.41) is 31.6. The second kappa shape index (κ2) is 13.8. The van der Waals surface area contributed by atoms with Crippen LogP contribution in [-0.4, -0.2) is 44.3 Å². The molecule has 8 heteroatoms. The van der Waals surface area contributed by atoms with Crippen LogP contribution in [0.5, 0.6) is 0 Å². The molecule has 4 N–H and O–H groups in total. The first-order valence-electron chi connectivity index (χ1n) is 5.75. The Morgan fingerprint density at radius 3 is 0.952 bits per heavy atom. The molecule has 0 fully saturated rings.